The quantitative estimate of drug-likeness (QED) is 0.863. The van der Waals surface area contributed by atoms with Crippen molar-refractivity contribution in [3.8, 4) is 5.75 Å². The Hall–Kier alpha value is -1.32. The number of hydrogen-bond acceptors (Lipinski definition) is 2. The van der Waals surface area contributed by atoms with Crippen molar-refractivity contribution in [3.63, 3.8) is 0 Å². The Morgan fingerprint density at radius 3 is 2.60 bits per heavy atom. The van der Waals surface area contributed by atoms with Crippen LogP contribution in [0.3, 0.4) is 0 Å². The van der Waals surface area contributed by atoms with E-state index in [0.29, 0.717) is 6.61 Å². The second-order valence-electron chi connectivity index (χ2n) is 5.04. The fourth-order valence-electron chi connectivity index (χ4n) is 2.06. The summed E-state index contributed by atoms with van der Waals surface area (Å²) in [6.45, 7) is 2.72. The summed E-state index contributed by atoms with van der Waals surface area (Å²) < 4.78 is 6.82. The topological polar surface area (TPSA) is 35.2 Å². The third-order valence-corrected chi connectivity index (χ3v) is 3.69. The lowest BCUT2D eigenvalue weighted by atomic mass is 10.0. The minimum Gasteiger partial charge on any atom is -0.494 e. The Balaban J connectivity index is 1.75. The number of halogens is 1. The molecule has 2 aromatic rings. The maximum absolute atomic E-state index is 6.15. The van der Waals surface area contributed by atoms with Gasteiger partial charge in [0.15, 0.2) is 0 Å². The minimum atomic E-state index is 0.126. The van der Waals surface area contributed by atoms with Crippen LogP contribution in [0.25, 0.3) is 0 Å². The van der Waals surface area contributed by atoms with E-state index in [1.807, 2.05) is 30.3 Å². The van der Waals surface area contributed by atoms with Gasteiger partial charge in [-0.05, 0) is 55.2 Å². The van der Waals surface area contributed by atoms with E-state index in [-0.39, 0.29) is 6.04 Å². The minimum absolute atomic E-state index is 0.126. The lowest BCUT2D eigenvalue weighted by molar-refractivity contribution is 0.297. The van der Waals surface area contributed by atoms with Gasteiger partial charge >= 0.3 is 0 Å². The number of aryl methyl sites for hydroxylation is 1. The second-order valence-corrected chi connectivity index (χ2v) is 5.96. The molecule has 0 saturated carbocycles. The number of benzene rings is 2. The molecule has 1 unspecified atom stereocenters. The van der Waals surface area contributed by atoms with E-state index in [1.165, 1.54) is 11.1 Å². The monoisotopic (exact) mass is 333 g/mol. The highest BCUT2D eigenvalue weighted by molar-refractivity contribution is 9.10. The van der Waals surface area contributed by atoms with Gasteiger partial charge in [-0.1, -0.05) is 40.2 Å². The number of rotatable bonds is 6. The van der Waals surface area contributed by atoms with Gasteiger partial charge in [0.1, 0.15) is 5.75 Å². The zero-order valence-corrected chi connectivity index (χ0v) is 13.3. The summed E-state index contributed by atoms with van der Waals surface area (Å²) >= 11 is 3.43. The SMILES string of the molecule is Cc1cccc(OCCC(N)Cc2ccc(Br)cc2)c1. The molecule has 106 valence electrons. The molecular weight excluding hydrogens is 314 g/mol. The summed E-state index contributed by atoms with van der Waals surface area (Å²) in [4.78, 5) is 0. The van der Waals surface area contributed by atoms with Crippen molar-refractivity contribution in [1.29, 1.82) is 0 Å². The highest BCUT2D eigenvalue weighted by Gasteiger charge is 2.05. The first-order chi connectivity index (χ1) is 9.63. The first-order valence-corrected chi connectivity index (χ1v) is 7.62. The van der Waals surface area contributed by atoms with Crippen LogP contribution in [0.5, 0.6) is 5.75 Å². The molecule has 0 aliphatic rings. The Morgan fingerprint density at radius 2 is 1.90 bits per heavy atom. The predicted molar refractivity (Wildman–Crippen MR) is 87.1 cm³/mol. The van der Waals surface area contributed by atoms with Crippen LogP contribution in [-0.4, -0.2) is 12.6 Å². The van der Waals surface area contributed by atoms with Gasteiger partial charge in [-0.25, -0.2) is 0 Å². The molecule has 0 aliphatic carbocycles. The van der Waals surface area contributed by atoms with E-state index in [4.69, 9.17) is 10.5 Å². The Labute approximate surface area is 129 Å². The maximum Gasteiger partial charge on any atom is 0.119 e. The molecule has 0 heterocycles. The lowest BCUT2D eigenvalue weighted by Gasteiger charge is -2.13. The van der Waals surface area contributed by atoms with Crippen LogP contribution in [0.2, 0.25) is 0 Å². The van der Waals surface area contributed by atoms with Crippen LogP contribution in [0, 0.1) is 6.92 Å². The zero-order chi connectivity index (χ0) is 14.4. The highest BCUT2D eigenvalue weighted by atomic mass is 79.9. The number of nitrogens with two attached hydrogens (primary N) is 1. The first kappa shape index (κ1) is 15.1. The van der Waals surface area contributed by atoms with Crippen molar-refractivity contribution in [2.24, 2.45) is 5.73 Å². The van der Waals surface area contributed by atoms with E-state index < -0.39 is 0 Å². The van der Waals surface area contributed by atoms with Gasteiger partial charge in [0.25, 0.3) is 0 Å². The van der Waals surface area contributed by atoms with Crippen LogP contribution >= 0.6 is 15.9 Å². The van der Waals surface area contributed by atoms with Crippen molar-refractivity contribution in [1.82, 2.24) is 0 Å². The second kappa shape index (κ2) is 7.46. The maximum atomic E-state index is 6.15. The Kier molecular flexibility index (Phi) is 5.62. The molecule has 0 aliphatic heterocycles. The molecule has 2 N–H and O–H groups in total. The molecule has 0 aromatic heterocycles. The van der Waals surface area contributed by atoms with E-state index in [2.05, 4.69) is 41.1 Å². The van der Waals surface area contributed by atoms with Gasteiger partial charge in [0, 0.05) is 10.5 Å². The summed E-state index contributed by atoms with van der Waals surface area (Å²) in [5.74, 6) is 0.917. The average molecular weight is 334 g/mol. The van der Waals surface area contributed by atoms with Crippen molar-refractivity contribution in [2.45, 2.75) is 25.8 Å². The first-order valence-electron chi connectivity index (χ1n) is 6.83. The highest BCUT2D eigenvalue weighted by Crippen LogP contribution is 2.14. The van der Waals surface area contributed by atoms with Gasteiger partial charge in [-0.3, -0.25) is 0 Å². The third-order valence-electron chi connectivity index (χ3n) is 3.16. The van der Waals surface area contributed by atoms with Crippen LogP contribution in [-0.2, 0) is 6.42 Å². The van der Waals surface area contributed by atoms with Crippen LogP contribution < -0.4 is 10.5 Å². The van der Waals surface area contributed by atoms with E-state index in [0.717, 1.165) is 23.1 Å². The average Bonchev–Trinajstić information content (AvgIpc) is 2.41. The molecule has 1 atom stereocenters. The number of ether oxygens (including phenoxy) is 1. The molecule has 2 nitrogen and oxygen atoms in total. The molecule has 2 aromatic carbocycles. The van der Waals surface area contributed by atoms with E-state index in [9.17, 15) is 0 Å². The molecule has 20 heavy (non-hydrogen) atoms. The van der Waals surface area contributed by atoms with Gasteiger partial charge in [-0.15, -0.1) is 0 Å². The molecule has 0 saturated heterocycles. The fraction of sp³-hybridized carbons (Fsp3) is 0.294. The fourth-order valence-corrected chi connectivity index (χ4v) is 2.32. The van der Waals surface area contributed by atoms with Crippen molar-refractivity contribution in [3.05, 3.63) is 64.1 Å². The molecule has 3 heteroatoms. The van der Waals surface area contributed by atoms with Gasteiger partial charge in [-0.2, -0.15) is 0 Å². The summed E-state index contributed by atoms with van der Waals surface area (Å²) in [7, 11) is 0. The lowest BCUT2D eigenvalue weighted by Crippen LogP contribution is -2.25. The van der Waals surface area contributed by atoms with Crippen LogP contribution in [0.1, 0.15) is 17.5 Å². The largest absolute Gasteiger partial charge is 0.494 e. The zero-order valence-electron chi connectivity index (χ0n) is 11.7. The summed E-state index contributed by atoms with van der Waals surface area (Å²) in [5, 5.41) is 0. The molecule has 0 spiro atoms. The van der Waals surface area contributed by atoms with E-state index >= 15 is 0 Å². The molecule has 0 fully saturated rings. The Bertz CT molecular complexity index is 539. The Morgan fingerprint density at radius 1 is 1.15 bits per heavy atom. The van der Waals surface area contributed by atoms with Gasteiger partial charge in [0.05, 0.1) is 6.61 Å². The van der Waals surface area contributed by atoms with Crippen molar-refractivity contribution in [2.75, 3.05) is 6.61 Å². The molecular formula is C17H20BrNO. The van der Waals surface area contributed by atoms with Crippen molar-refractivity contribution >= 4 is 15.9 Å². The van der Waals surface area contributed by atoms with Gasteiger partial charge in [0.2, 0.25) is 0 Å². The van der Waals surface area contributed by atoms with E-state index in [1.54, 1.807) is 0 Å². The normalized spacial score (nSPS) is 12.2. The molecule has 0 amide bonds. The third kappa shape index (κ3) is 4.99. The van der Waals surface area contributed by atoms with Crippen LogP contribution in [0.15, 0.2) is 53.0 Å². The molecule has 2 rings (SSSR count). The van der Waals surface area contributed by atoms with Crippen molar-refractivity contribution < 1.29 is 4.74 Å². The standard InChI is InChI=1S/C17H20BrNO/c1-13-3-2-4-17(11-13)20-10-9-16(19)12-14-5-7-15(18)8-6-14/h2-8,11,16H,9-10,12,19H2,1H3. The van der Waals surface area contributed by atoms with Crippen LogP contribution in [0.4, 0.5) is 0 Å². The predicted octanol–water partition coefficient (Wildman–Crippen LogP) is 4.10. The van der Waals surface area contributed by atoms with Gasteiger partial charge < -0.3 is 10.5 Å². The summed E-state index contributed by atoms with van der Waals surface area (Å²) in [6.07, 6.45) is 1.73. The molecule has 0 radical (unpaired) electrons. The summed E-state index contributed by atoms with van der Waals surface area (Å²) in [5.41, 5.74) is 8.62. The smallest absolute Gasteiger partial charge is 0.119 e. The molecule has 0 bridgehead atoms. The summed E-state index contributed by atoms with van der Waals surface area (Å²) in [6, 6.07) is 16.5. The number of hydrogen-bond donors (Lipinski definition) is 1.